The lowest BCUT2D eigenvalue weighted by atomic mass is 10.1. The molecule has 0 fully saturated rings. The van der Waals surface area contributed by atoms with Crippen LogP contribution in [0.3, 0.4) is 0 Å². The maximum atomic E-state index is 12.0. The monoisotopic (exact) mass is 295 g/mol. The first-order chi connectivity index (χ1) is 9.11. The number of carboxylic acids is 1. The summed E-state index contributed by atoms with van der Waals surface area (Å²) in [6.07, 6.45) is 0. The fraction of sp³-hybridized carbons (Fsp3) is 0.0769. The number of alkyl halides is 1. The number of carbonyl (C=O) groups is 2. The molecule has 4 nitrogen and oxygen atoms in total. The van der Waals surface area contributed by atoms with E-state index in [1.807, 2.05) is 6.07 Å². The molecule has 19 heavy (non-hydrogen) atoms. The Labute approximate surface area is 118 Å². The number of thiophene rings is 1. The minimum absolute atomic E-state index is 0.113. The molecule has 2 rings (SSSR count). The summed E-state index contributed by atoms with van der Waals surface area (Å²) >= 11 is 6.77. The molecule has 0 bridgehead atoms. The quantitative estimate of drug-likeness (QED) is 0.849. The van der Waals surface area contributed by atoms with Gasteiger partial charge in [-0.2, -0.15) is 0 Å². The predicted octanol–water partition coefficient (Wildman–Crippen LogP) is 3.44. The predicted molar refractivity (Wildman–Crippen MR) is 75.2 cm³/mol. The number of benzene rings is 1. The summed E-state index contributed by atoms with van der Waals surface area (Å²) in [5, 5.41) is 13.2. The largest absolute Gasteiger partial charge is 0.477 e. The Bertz CT molecular complexity index is 624. The van der Waals surface area contributed by atoms with Crippen LogP contribution in [0.25, 0.3) is 0 Å². The van der Waals surface area contributed by atoms with Crippen LogP contribution in [0.15, 0.2) is 35.7 Å². The summed E-state index contributed by atoms with van der Waals surface area (Å²) in [6.45, 7) is 0. The summed E-state index contributed by atoms with van der Waals surface area (Å²) in [6, 6.07) is 8.44. The van der Waals surface area contributed by atoms with E-state index < -0.39 is 5.97 Å². The third-order valence-corrected chi connectivity index (χ3v) is 3.66. The molecule has 0 aliphatic heterocycles. The Morgan fingerprint density at radius 2 is 2.11 bits per heavy atom. The van der Waals surface area contributed by atoms with Crippen LogP contribution in [0.1, 0.15) is 25.6 Å². The number of nitrogens with one attached hydrogen (secondary N) is 1. The van der Waals surface area contributed by atoms with E-state index in [1.165, 1.54) is 0 Å². The van der Waals surface area contributed by atoms with E-state index in [0.29, 0.717) is 17.1 Å². The lowest BCUT2D eigenvalue weighted by Crippen LogP contribution is -2.13. The van der Waals surface area contributed by atoms with Gasteiger partial charge in [0, 0.05) is 11.4 Å². The second-order valence-electron chi connectivity index (χ2n) is 3.76. The molecule has 0 aliphatic rings. The molecule has 0 unspecified atom stereocenters. The minimum Gasteiger partial charge on any atom is -0.477 e. The summed E-state index contributed by atoms with van der Waals surface area (Å²) < 4.78 is 0. The fourth-order valence-electron chi connectivity index (χ4n) is 1.56. The van der Waals surface area contributed by atoms with Crippen LogP contribution in [-0.2, 0) is 5.88 Å². The summed E-state index contributed by atoms with van der Waals surface area (Å²) in [5.74, 6) is -1.09. The molecular formula is C13H10ClNO3S. The molecule has 98 valence electrons. The van der Waals surface area contributed by atoms with Gasteiger partial charge in [-0.3, -0.25) is 4.79 Å². The Morgan fingerprint density at radius 1 is 1.32 bits per heavy atom. The van der Waals surface area contributed by atoms with E-state index in [4.69, 9.17) is 16.7 Å². The molecule has 2 aromatic rings. The molecule has 1 amide bonds. The number of halogens is 1. The molecule has 0 radical (unpaired) electrons. The zero-order valence-corrected chi connectivity index (χ0v) is 11.3. The van der Waals surface area contributed by atoms with Crippen LogP contribution in [0, 0.1) is 0 Å². The molecule has 0 saturated carbocycles. The zero-order valence-electron chi connectivity index (χ0n) is 9.72. The van der Waals surface area contributed by atoms with Gasteiger partial charge in [-0.15, -0.1) is 22.9 Å². The van der Waals surface area contributed by atoms with Gasteiger partial charge < -0.3 is 10.4 Å². The highest BCUT2D eigenvalue weighted by molar-refractivity contribution is 7.12. The van der Waals surface area contributed by atoms with Gasteiger partial charge in [0.15, 0.2) is 0 Å². The zero-order chi connectivity index (χ0) is 13.8. The highest BCUT2D eigenvalue weighted by Gasteiger charge is 2.14. The number of hydrogen-bond donors (Lipinski definition) is 2. The van der Waals surface area contributed by atoms with Crippen molar-refractivity contribution < 1.29 is 14.7 Å². The van der Waals surface area contributed by atoms with E-state index in [-0.39, 0.29) is 10.8 Å². The molecule has 1 heterocycles. The fourth-order valence-corrected chi connectivity index (χ4v) is 2.42. The van der Waals surface area contributed by atoms with Crippen LogP contribution in [0.4, 0.5) is 5.69 Å². The normalized spacial score (nSPS) is 10.2. The first-order valence-corrected chi connectivity index (χ1v) is 6.80. The molecule has 2 N–H and O–H groups in total. The first kappa shape index (κ1) is 13.6. The van der Waals surface area contributed by atoms with Gasteiger partial charge in [0.25, 0.3) is 5.91 Å². The number of aromatic carboxylic acids is 1. The Kier molecular flexibility index (Phi) is 4.19. The van der Waals surface area contributed by atoms with Crippen molar-refractivity contribution in [2.45, 2.75) is 5.88 Å². The van der Waals surface area contributed by atoms with Gasteiger partial charge in [0.2, 0.25) is 0 Å². The number of carboxylic acid groups (broad SMARTS) is 1. The molecule has 0 spiro atoms. The molecule has 0 saturated heterocycles. The number of amides is 1. The van der Waals surface area contributed by atoms with Crippen molar-refractivity contribution in [3.05, 3.63) is 51.7 Å². The van der Waals surface area contributed by atoms with E-state index in [1.54, 1.807) is 29.6 Å². The van der Waals surface area contributed by atoms with Gasteiger partial charge in [-0.25, -0.2) is 4.79 Å². The van der Waals surface area contributed by atoms with Crippen molar-refractivity contribution in [3.63, 3.8) is 0 Å². The maximum Gasteiger partial charge on any atom is 0.348 e. The van der Waals surface area contributed by atoms with Gasteiger partial charge in [-0.05, 0) is 29.1 Å². The molecule has 0 atom stereocenters. The Balaban J connectivity index is 2.20. The van der Waals surface area contributed by atoms with E-state index in [9.17, 15) is 9.59 Å². The van der Waals surface area contributed by atoms with Gasteiger partial charge in [-0.1, -0.05) is 12.1 Å². The van der Waals surface area contributed by atoms with Crippen LogP contribution >= 0.6 is 22.9 Å². The van der Waals surface area contributed by atoms with Gasteiger partial charge in [0.05, 0.1) is 5.69 Å². The van der Waals surface area contributed by atoms with E-state index >= 15 is 0 Å². The standard InChI is InChI=1S/C13H10ClNO3S/c14-7-8-2-1-3-9(6-8)12(16)15-10-4-5-19-11(10)13(17)18/h1-6H,7H2,(H,15,16)(H,17,18). The molecular weight excluding hydrogens is 286 g/mol. The van der Waals surface area contributed by atoms with E-state index in [0.717, 1.165) is 16.9 Å². The van der Waals surface area contributed by atoms with Crippen LogP contribution in [0.5, 0.6) is 0 Å². The van der Waals surface area contributed by atoms with Crippen molar-refractivity contribution in [2.24, 2.45) is 0 Å². The molecule has 6 heteroatoms. The second-order valence-corrected chi connectivity index (χ2v) is 4.94. The van der Waals surface area contributed by atoms with Crippen LogP contribution in [-0.4, -0.2) is 17.0 Å². The Morgan fingerprint density at radius 3 is 2.79 bits per heavy atom. The summed E-state index contributed by atoms with van der Waals surface area (Å²) in [4.78, 5) is 23.1. The second kappa shape index (κ2) is 5.86. The third kappa shape index (κ3) is 3.13. The highest BCUT2D eigenvalue weighted by atomic mass is 35.5. The van der Waals surface area contributed by atoms with Crippen molar-refractivity contribution in [1.82, 2.24) is 0 Å². The van der Waals surface area contributed by atoms with Crippen molar-refractivity contribution in [1.29, 1.82) is 0 Å². The first-order valence-electron chi connectivity index (χ1n) is 5.39. The molecule has 1 aromatic heterocycles. The maximum absolute atomic E-state index is 12.0. The average molecular weight is 296 g/mol. The smallest absolute Gasteiger partial charge is 0.348 e. The SMILES string of the molecule is O=C(Nc1ccsc1C(=O)O)c1cccc(CCl)c1. The van der Waals surface area contributed by atoms with Gasteiger partial charge in [0.1, 0.15) is 4.88 Å². The minimum atomic E-state index is -1.06. The lowest BCUT2D eigenvalue weighted by molar-refractivity contribution is 0.0703. The third-order valence-electron chi connectivity index (χ3n) is 2.45. The highest BCUT2D eigenvalue weighted by Crippen LogP contribution is 2.23. The van der Waals surface area contributed by atoms with Crippen molar-refractivity contribution in [2.75, 3.05) is 5.32 Å². The number of anilines is 1. The Hall–Kier alpha value is -1.85. The van der Waals surface area contributed by atoms with Crippen LogP contribution < -0.4 is 5.32 Å². The number of rotatable bonds is 4. The molecule has 1 aromatic carbocycles. The van der Waals surface area contributed by atoms with Crippen LogP contribution in [0.2, 0.25) is 0 Å². The summed E-state index contributed by atoms with van der Waals surface area (Å²) in [5.41, 5.74) is 1.58. The van der Waals surface area contributed by atoms with E-state index in [2.05, 4.69) is 5.32 Å². The lowest BCUT2D eigenvalue weighted by Gasteiger charge is -2.05. The number of hydrogen-bond acceptors (Lipinski definition) is 3. The molecule has 0 aliphatic carbocycles. The van der Waals surface area contributed by atoms with Crippen molar-refractivity contribution in [3.8, 4) is 0 Å². The number of carbonyl (C=O) groups excluding carboxylic acids is 1. The average Bonchev–Trinajstić information content (AvgIpc) is 2.87. The summed E-state index contributed by atoms with van der Waals surface area (Å²) in [7, 11) is 0. The topological polar surface area (TPSA) is 66.4 Å². The van der Waals surface area contributed by atoms with Crippen molar-refractivity contribution >= 4 is 40.5 Å². The van der Waals surface area contributed by atoms with Gasteiger partial charge >= 0.3 is 5.97 Å².